The van der Waals surface area contributed by atoms with Crippen LogP contribution < -0.4 is 0 Å². The minimum Gasteiger partial charge on any atom is -0.508 e. The summed E-state index contributed by atoms with van der Waals surface area (Å²) in [5, 5.41) is 29.2. The predicted molar refractivity (Wildman–Crippen MR) is 72.6 cm³/mol. The van der Waals surface area contributed by atoms with Crippen LogP contribution >= 0.6 is 0 Å². The number of nitro benzene ring substituents is 1. The minimum absolute atomic E-state index is 0.0644. The molecule has 0 unspecified atom stereocenters. The number of aromatic hydroxyl groups is 1. The maximum Gasteiger partial charge on any atom is 0.276 e. The number of hydrogen-bond donors (Lipinski definition) is 1. The van der Waals surface area contributed by atoms with Gasteiger partial charge in [0.15, 0.2) is 0 Å². The van der Waals surface area contributed by atoms with E-state index in [2.05, 4.69) is 4.98 Å². The third-order valence-electron chi connectivity index (χ3n) is 2.63. The van der Waals surface area contributed by atoms with E-state index in [1.165, 1.54) is 36.7 Å². The lowest BCUT2D eigenvalue weighted by atomic mass is 10.1. The van der Waals surface area contributed by atoms with Crippen molar-refractivity contribution in [2.24, 2.45) is 0 Å². The van der Waals surface area contributed by atoms with Gasteiger partial charge in [-0.2, -0.15) is 5.26 Å². The Hall–Kier alpha value is -3.20. The third-order valence-corrected chi connectivity index (χ3v) is 2.63. The Labute approximate surface area is 114 Å². The molecule has 2 rings (SSSR count). The highest BCUT2D eigenvalue weighted by Gasteiger charge is 2.11. The molecular weight excluding hydrogens is 258 g/mol. The molecule has 0 radical (unpaired) electrons. The molecular formula is C14H9N3O3. The van der Waals surface area contributed by atoms with Crippen molar-refractivity contribution in [3.8, 4) is 11.8 Å². The van der Waals surface area contributed by atoms with Gasteiger partial charge in [0.1, 0.15) is 11.8 Å². The highest BCUT2D eigenvalue weighted by atomic mass is 16.6. The monoisotopic (exact) mass is 267 g/mol. The van der Waals surface area contributed by atoms with Crippen LogP contribution in [0, 0.1) is 21.4 Å². The molecule has 2 aromatic rings. The van der Waals surface area contributed by atoms with E-state index in [0.29, 0.717) is 11.1 Å². The molecule has 0 aliphatic heterocycles. The average molecular weight is 267 g/mol. The molecule has 1 N–H and O–H groups in total. The van der Waals surface area contributed by atoms with E-state index in [-0.39, 0.29) is 17.0 Å². The SMILES string of the molecule is N#Cc1cnccc1/C=C/c1cc(O)ccc1[N+](=O)[O-]. The van der Waals surface area contributed by atoms with Crippen molar-refractivity contribution in [2.75, 3.05) is 0 Å². The predicted octanol–water partition coefficient (Wildman–Crippen LogP) is 2.74. The largest absolute Gasteiger partial charge is 0.508 e. The van der Waals surface area contributed by atoms with E-state index in [9.17, 15) is 15.2 Å². The van der Waals surface area contributed by atoms with Gasteiger partial charge < -0.3 is 5.11 Å². The summed E-state index contributed by atoms with van der Waals surface area (Å²) in [6.07, 6.45) is 5.99. The molecule has 0 atom stereocenters. The van der Waals surface area contributed by atoms with Gasteiger partial charge in [0.25, 0.3) is 5.69 Å². The first-order valence-corrected chi connectivity index (χ1v) is 5.61. The highest BCUT2D eigenvalue weighted by molar-refractivity contribution is 5.76. The molecule has 0 bridgehead atoms. The van der Waals surface area contributed by atoms with Crippen LogP contribution in [0.4, 0.5) is 5.69 Å². The summed E-state index contributed by atoms with van der Waals surface area (Å²) in [6.45, 7) is 0. The number of phenolic OH excluding ortho intramolecular Hbond substituents is 1. The second-order valence-corrected chi connectivity index (χ2v) is 3.91. The second-order valence-electron chi connectivity index (χ2n) is 3.91. The van der Waals surface area contributed by atoms with Crippen molar-refractivity contribution in [1.82, 2.24) is 4.98 Å². The molecule has 0 saturated carbocycles. The molecule has 1 heterocycles. The number of nitro groups is 1. The summed E-state index contributed by atoms with van der Waals surface area (Å²) in [6, 6.07) is 7.39. The van der Waals surface area contributed by atoms with Crippen molar-refractivity contribution in [2.45, 2.75) is 0 Å². The third kappa shape index (κ3) is 2.79. The zero-order valence-corrected chi connectivity index (χ0v) is 10.2. The molecule has 0 aliphatic rings. The maximum atomic E-state index is 10.9. The van der Waals surface area contributed by atoms with Crippen LogP contribution in [0.15, 0.2) is 36.7 Å². The van der Waals surface area contributed by atoms with Crippen LogP contribution in [0.3, 0.4) is 0 Å². The van der Waals surface area contributed by atoms with Gasteiger partial charge in [0.2, 0.25) is 0 Å². The van der Waals surface area contributed by atoms with Crippen LogP contribution in [0.25, 0.3) is 12.2 Å². The Morgan fingerprint density at radius 1 is 1.30 bits per heavy atom. The summed E-state index contributed by atoms with van der Waals surface area (Å²) < 4.78 is 0. The molecule has 0 fully saturated rings. The molecule has 0 aliphatic carbocycles. The summed E-state index contributed by atoms with van der Waals surface area (Å²) in [5.41, 5.74) is 1.11. The average Bonchev–Trinajstić information content (AvgIpc) is 2.45. The number of phenols is 1. The molecule has 6 heteroatoms. The summed E-state index contributed by atoms with van der Waals surface area (Å²) in [7, 11) is 0. The first-order valence-electron chi connectivity index (χ1n) is 5.61. The summed E-state index contributed by atoms with van der Waals surface area (Å²) in [4.78, 5) is 14.2. The van der Waals surface area contributed by atoms with Crippen molar-refractivity contribution >= 4 is 17.8 Å². The standard InChI is InChI=1S/C14H9N3O3/c15-8-12-9-16-6-5-10(12)1-2-11-7-13(18)3-4-14(11)17(19)20/h1-7,9,18H/b2-1+. The van der Waals surface area contributed by atoms with E-state index >= 15 is 0 Å². The van der Waals surface area contributed by atoms with E-state index in [1.54, 1.807) is 12.1 Å². The van der Waals surface area contributed by atoms with Gasteiger partial charge in [-0.25, -0.2) is 0 Å². The topological polar surface area (TPSA) is 100 Å². The van der Waals surface area contributed by atoms with Gasteiger partial charge >= 0.3 is 0 Å². The van der Waals surface area contributed by atoms with Crippen LogP contribution in [0.1, 0.15) is 16.7 Å². The number of aromatic nitrogens is 1. The number of nitriles is 1. The first kappa shape index (κ1) is 13.2. The fourth-order valence-corrected chi connectivity index (χ4v) is 1.67. The lowest BCUT2D eigenvalue weighted by Crippen LogP contribution is -1.91. The maximum absolute atomic E-state index is 10.9. The molecule has 98 valence electrons. The fraction of sp³-hybridized carbons (Fsp3) is 0. The van der Waals surface area contributed by atoms with Crippen molar-refractivity contribution < 1.29 is 10.0 Å². The molecule has 1 aromatic carbocycles. The zero-order valence-electron chi connectivity index (χ0n) is 10.2. The van der Waals surface area contributed by atoms with Crippen LogP contribution in [-0.2, 0) is 0 Å². The van der Waals surface area contributed by atoms with Gasteiger partial charge in [-0.3, -0.25) is 15.1 Å². The summed E-state index contributed by atoms with van der Waals surface area (Å²) in [5.74, 6) is -0.0644. The van der Waals surface area contributed by atoms with Crippen molar-refractivity contribution in [1.29, 1.82) is 5.26 Å². The number of pyridine rings is 1. The number of rotatable bonds is 3. The second kappa shape index (κ2) is 5.63. The van der Waals surface area contributed by atoms with Crippen LogP contribution in [-0.4, -0.2) is 15.0 Å². The quantitative estimate of drug-likeness (QED) is 0.680. The number of nitrogens with zero attached hydrogens (tertiary/aromatic N) is 3. The van der Waals surface area contributed by atoms with Crippen molar-refractivity contribution in [3.05, 3.63) is 63.5 Å². The lowest BCUT2D eigenvalue weighted by molar-refractivity contribution is -0.385. The van der Waals surface area contributed by atoms with Gasteiger partial charge in [-0.15, -0.1) is 0 Å². The van der Waals surface area contributed by atoms with Gasteiger partial charge in [-0.1, -0.05) is 6.08 Å². The Kier molecular flexibility index (Phi) is 3.72. The van der Waals surface area contributed by atoms with Crippen LogP contribution in [0.5, 0.6) is 5.75 Å². The normalized spacial score (nSPS) is 10.3. The lowest BCUT2D eigenvalue weighted by Gasteiger charge is -1.99. The molecule has 1 aromatic heterocycles. The zero-order chi connectivity index (χ0) is 14.5. The molecule has 0 spiro atoms. The van der Waals surface area contributed by atoms with Gasteiger partial charge in [-0.05, 0) is 29.8 Å². The van der Waals surface area contributed by atoms with E-state index < -0.39 is 4.92 Å². The summed E-state index contributed by atoms with van der Waals surface area (Å²) >= 11 is 0. The molecule has 0 amide bonds. The van der Waals surface area contributed by atoms with Crippen LogP contribution in [0.2, 0.25) is 0 Å². The fourth-order valence-electron chi connectivity index (χ4n) is 1.67. The Morgan fingerprint density at radius 3 is 2.75 bits per heavy atom. The van der Waals surface area contributed by atoms with E-state index in [1.807, 2.05) is 6.07 Å². The van der Waals surface area contributed by atoms with Crippen molar-refractivity contribution in [3.63, 3.8) is 0 Å². The molecule has 6 nitrogen and oxygen atoms in total. The Balaban J connectivity index is 2.44. The first-order chi connectivity index (χ1) is 9.61. The Bertz CT molecular complexity index is 733. The number of hydrogen-bond acceptors (Lipinski definition) is 5. The number of benzene rings is 1. The van der Waals surface area contributed by atoms with E-state index in [4.69, 9.17) is 5.26 Å². The molecule has 0 saturated heterocycles. The van der Waals surface area contributed by atoms with E-state index in [0.717, 1.165) is 0 Å². The Morgan fingerprint density at radius 2 is 2.05 bits per heavy atom. The van der Waals surface area contributed by atoms with Gasteiger partial charge in [0, 0.05) is 18.5 Å². The highest BCUT2D eigenvalue weighted by Crippen LogP contribution is 2.25. The van der Waals surface area contributed by atoms with Gasteiger partial charge in [0.05, 0.1) is 16.1 Å². The minimum atomic E-state index is -0.531. The molecule has 20 heavy (non-hydrogen) atoms. The smallest absolute Gasteiger partial charge is 0.276 e.